The average molecular weight is 361 g/mol. The van der Waals surface area contributed by atoms with E-state index in [0.29, 0.717) is 29.4 Å². The number of aryl methyl sites for hydroxylation is 1. The summed E-state index contributed by atoms with van der Waals surface area (Å²) in [6.45, 7) is 2.22. The van der Waals surface area contributed by atoms with Gasteiger partial charge in [0, 0.05) is 11.8 Å². The fraction of sp³-hybridized carbons (Fsp3) is 0.188. The van der Waals surface area contributed by atoms with Gasteiger partial charge in [-0.1, -0.05) is 23.4 Å². The Morgan fingerprint density at radius 2 is 2.04 bits per heavy atom. The lowest BCUT2D eigenvalue weighted by Gasteiger charge is -2.04. The number of esters is 1. The Hall–Kier alpha value is -3.00. The summed E-state index contributed by atoms with van der Waals surface area (Å²) < 4.78 is 6.81. The largest absolute Gasteiger partial charge is 0.455 e. The Morgan fingerprint density at radius 3 is 2.76 bits per heavy atom. The number of nitrogens with two attached hydrogens (primary N) is 1. The minimum absolute atomic E-state index is 0. The van der Waals surface area contributed by atoms with Crippen molar-refractivity contribution in [3.05, 3.63) is 65.4 Å². The molecule has 0 unspecified atom stereocenters. The van der Waals surface area contributed by atoms with Gasteiger partial charge < -0.3 is 10.5 Å². The number of hydrogen-bond acceptors (Lipinski definition) is 7. The number of hydrogen-bond donors (Lipinski definition) is 1. The predicted molar refractivity (Wildman–Crippen MR) is 93.1 cm³/mol. The maximum atomic E-state index is 11.9. The number of benzene rings is 1. The summed E-state index contributed by atoms with van der Waals surface area (Å²) in [7, 11) is 0. The van der Waals surface area contributed by atoms with Crippen LogP contribution in [0.15, 0.2) is 42.7 Å². The van der Waals surface area contributed by atoms with Gasteiger partial charge in [-0.15, -0.1) is 17.5 Å². The molecule has 130 valence electrons. The summed E-state index contributed by atoms with van der Waals surface area (Å²) in [6, 6.07) is 8.78. The van der Waals surface area contributed by atoms with Gasteiger partial charge in [0.2, 0.25) is 0 Å². The van der Waals surface area contributed by atoms with Crippen molar-refractivity contribution in [2.45, 2.75) is 20.1 Å². The van der Waals surface area contributed by atoms with Gasteiger partial charge in [-0.05, 0) is 19.1 Å². The number of ether oxygens (including phenoxy) is 1. The second kappa shape index (κ2) is 8.20. The topological polar surface area (TPSA) is 109 Å². The smallest absolute Gasteiger partial charge is 0.338 e. The lowest BCUT2D eigenvalue weighted by Crippen LogP contribution is -2.07. The number of rotatable bonds is 5. The maximum absolute atomic E-state index is 11.9. The number of aromatic nitrogens is 5. The summed E-state index contributed by atoms with van der Waals surface area (Å²) in [6.07, 6.45) is 3.35. The molecule has 0 radical (unpaired) electrons. The van der Waals surface area contributed by atoms with Gasteiger partial charge in [0.15, 0.2) is 0 Å². The molecule has 9 heteroatoms. The molecule has 3 aromatic rings. The summed E-state index contributed by atoms with van der Waals surface area (Å²) in [5, 5.41) is 7.97. The third-order valence-corrected chi connectivity index (χ3v) is 3.30. The van der Waals surface area contributed by atoms with E-state index < -0.39 is 5.97 Å². The number of nitrogen functional groups attached to an aromatic ring is 1. The molecular weight excluding hydrogens is 344 g/mol. The number of nitrogens with zero attached hydrogens (tertiary/aromatic N) is 5. The highest BCUT2D eigenvalue weighted by Crippen LogP contribution is 2.10. The zero-order valence-electron chi connectivity index (χ0n) is 13.5. The highest BCUT2D eigenvalue weighted by Gasteiger charge is 2.09. The van der Waals surface area contributed by atoms with Crippen molar-refractivity contribution in [3.8, 4) is 0 Å². The van der Waals surface area contributed by atoms with Crippen molar-refractivity contribution in [3.63, 3.8) is 0 Å². The molecule has 0 atom stereocenters. The third-order valence-electron chi connectivity index (χ3n) is 3.30. The van der Waals surface area contributed by atoms with Crippen LogP contribution in [-0.2, 0) is 17.9 Å². The molecule has 2 N–H and O–H groups in total. The van der Waals surface area contributed by atoms with E-state index in [2.05, 4.69) is 20.3 Å². The van der Waals surface area contributed by atoms with E-state index in [9.17, 15) is 4.79 Å². The molecule has 0 amide bonds. The summed E-state index contributed by atoms with van der Waals surface area (Å²) in [4.78, 5) is 20.1. The van der Waals surface area contributed by atoms with E-state index in [1.165, 1.54) is 0 Å². The van der Waals surface area contributed by atoms with Gasteiger partial charge in [0.1, 0.15) is 23.9 Å². The van der Waals surface area contributed by atoms with Crippen LogP contribution in [0.3, 0.4) is 0 Å². The van der Waals surface area contributed by atoms with Crippen LogP contribution in [-0.4, -0.2) is 30.9 Å². The first kappa shape index (κ1) is 18.3. The zero-order chi connectivity index (χ0) is 16.9. The Bertz CT molecular complexity index is 853. The Morgan fingerprint density at radius 1 is 1.28 bits per heavy atom. The number of halogens is 1. The van der Waals surface area contributed by atoms with E-state index in [4.69, 9.17) is 10.5 Å². The van der Waals surface area contributed by atoms with Crippen LogP contribution in [0.4, 0.5) is 5.82 Å². The normalized spacial score (nSPS) is 10.1. The first-order chi connectivity index (χ1) is 11.6. The molecule has 2 aromatic heterocycles. The van der Waals surface area contributed by atoms with E-state index in [1.807, 2.05) is 6.07 Å². The van der Waals surface area contributed by atoms with Crippen LogP contribution < -0.4 is 5.73 Å². The fourth-order valence-electron chi connectivity index (χ4n) is 2.09. The van der Waals surface area contributed by atoms with Gasteiger partial charge in [0.05, 0.1) is 18.3 Å². The van der Waals surface area contributed by atoms with E-state index in [0.717, 1.165) is 5.56 Å². The lowest BCUT2D eigenvalue weighted by molar-refractivity contribution is 0.0467. The van der Waals surface area contributed by atoms with Crippen LogP contribution in [0.1, 0.15) is 27.4 Å². The van der Waals surface area contributed by atoms with Gasteiger partial charge >= 0.3 is 5.97 Å². The molecule has 8 nitrogen and oxygen atoms in total. The highest BCUT2D eigenvalue weighted by atomic mass is 35.5. The minimum atomic E-state index is -0.402. The second-order valence-corrected chi connectivity index (χ2v) is 5.18. The average Bonchev–Trinajstić information content (AvgIpc) is 3.03. The SMILES string of the molecule is Cc1ncc(Cn2cc(COC(=O)c3ccccc3)nn2)c(N)n1.Cl. The van der Waals surface area contributed by atoms with Crippen molar-refractivity contribution < 1.29 is 9.53 Å². The monoisotopic (exact) mass is 360 g/mol. The quantitative estimate of drug-likeness (QED) is 0.690. The molecule has 0 saturated carbocycles. The molecule has 0 aliphatic rings. The van der Waals surface area contributed by atoms with Gasteiger partial charge in [-0.25, -0.2) is 19.4 Å². The molecule has 0 saturated heterocycles. The van der Waals surface area contributed by atoms with Crippen molar-refractivity contribution in [1.29, 1.82) is 0 Å². The molecule has 0 aliphatic carbocycles. The summed E-state index contributed by atoms with van der Waals surface area (Å²) >= 11 is 0. The van der Waals surface area contributed by atoms with E-state index in [1.54, 1.807) is 48.3 Å². The van der Waals surface area contributed by atoms with Crippen LogP contribution in [0.5, 0.6) is 0 Å². The Labute approximate surface area is 150 Å². The van der Waals surface area contributed by atoms with Crippen LogP contribution in [0.2, 0.25) is 0 Å². The van der Waals surface area contributed by atoms with Gasteiger partial charge in [-0.2, -0.15) is 0 Å². The van der Waals surface area contributed by atoms with E-state index >= 15 is 0 Å². The number of carbonyl (C=O) groups excluding carboxylic acids is 1. The third kappa shape index (κ3) is 4.74. The summed E-state index contributed by atoms with van der Waals surface area (Å²) in [5.41, 5.74) is 7.65. The highest BCUT2D eigenvalue weighted by molar-refractivity contribution is 5.89. The predicted octanol–water partition coefficient (Wildman–Crippen LogP) is 1.79. The first-order valence-corrected chi connectivity index (χ1v) is 7.31. The number of anilines is 1. The molecule has 2 heterocycles. The fourth-order valence-corrected chi connectivity index (χ4v) is 2.09. The van der Waals surface area contributed by atoms with Crippen LogP contribution in [0.25, 0.3) is 0 Å². The minimum Gasteiger partial charge on any atom is -0.455 e. The molecule has 0 spiro atoms. The Kier molecular flexibility index (Phi) is 6.02. The summed E-state index contributed by atoms with van der Waals surface area (Å²) in [5.74, 6) is 0.625. The van der Waals surface area contributed by atoms with Crippen molar-refractivity contribution in [1.82, 2.24) is 25.0 Å². The van der Waals surface area contributed by atoms with Crippen LogP contribution >= 0.6 is 12.4 Å². The first-order valence-electron chi connectivity index (χ1n) is 7.31. The lowest BCUT2D eigenvalue weighted by atomic mass is 10.2. The van der Waals surface area contributed by atoms with Gasteiger partial charge in [-0.3, -0.25) is 0 Å². The standard InChI is InChI=1S/C16H16N6O2.ClH/c1-11-18-7-13(15(17)19-11)8-22-9-14(20-21-22)10-24-16(23)12-5-3-2-4-6-12;/h2-7,9H,8,10H2,1H3,(H2,17,18,19);1H. The maximum Gasteiger partial charge on any atom is 0.338 e. The molecule has 1 aromatic carbocycles. The molecule has 0 fully saturated rings. The van der Waals surface area contributed by atoms with Crippen molar-refractivity contribution in [2.75, 3.05) is 5.73 Å². The number of carbonyl (C=O) groups is 1. The van der Waals surface area contributed by atoms with Crippen molar-refractivity contribution in [2.24, 2.45) is 0 Å². The molecular formula is C16H17ClN6O2. The Balaban J connectivity index is 0.00000225. The molecule has 0 bridgehead atoms. The van der Waals surface area contributed by atoms with Crippen LogP contribution in [0, 0.1) is 6.92 Å². The van der Waals surface area contributed by atoms with Crippen molar-refractivity contribution >= 4 is 24.2 Å². The van der Waals surface area contributed by atoms with Gasteiger partial charge in [0.25, 0.3) is 0 Å². The molecule has 25 heavy (non-hydrogen) atoms. The van der Waals surface area contributed by atoms with E-state index in [-0.39, 0.29) is 19.0 Å². The zero-order valence-corrected chi connectivity index (χ0v) is 14.3. The second-order valence-electron chi connectivity index (χ2n) is 5.18. The molecule has 0 aliphatic heterocycles. The molecule has 3 rings (SSSR count).